The number of anilines is 2. The maximum Gasteiger partial charge on any atom is 0.407 e. The number of para-hydroxylation sites is 1. The molecule has 3 heterocycles. The SMILES string of the molecule is COC(=O)N[C@H](C(=O)N1CCC[C@@H]1c1nc2ccc(-c3ccc(-c4cncnc4Nc4ccccc4)cc3)cc2[nH]1)C(C)C. The smallest absolute Gasteiger partial charge is 0.407 e. The zero-order chi connectivity index (χ0) is 30.6. The van der Waals surface area contributed by atoms with E-state index in [1.165, 1.54) is 7.11 Å². The van der Waals surface area contributed by atoms with E-state index in [4.69, 9.17) is 9.72 Å². The molecule has 0 saturated carbocycles. The summed E-state index contributed by atoms with van der Waals surface area (Å²) in [4.78, 5) is 44.3. The first-order valence-electron chi connectivity index (χ1n) is 14.8. The van der Waals surface area contributed by atoms with Crippen LogP contribution in [0.4, 0.5) is 16.3 Å². The molecular formula is C34H35N7O3. The lowest BCUT2D eigenvalue weighted by Gasteiger charge is -2.29. The molecular weight excluding hydrogens is 554 g/mol. The van der Waals surface area contributed by atoms with Crippen molar-refractivity contribution in [2.24, 2.45) is 5.92 Å². The van der Waals surface area contributed by atoms with E-state index < -0.39 is 12.1 Å². The molecule has 3 N–H and O–H groups in total. The number of benzene rings is 3. The first kappa shape index (κ1) is 28.9. The Labute approximate surface area is 255 Å². The fraction of sp³-hybridized carbons (Fsp3) is 0.265. The number of carbonyl (C=O) groups is 2. The number of alkyl carbamates (subject to hydrolysis) is 1. The van der Waals surface area contributed by atoms with Crippen molar-refractivity contribution in [2.45, 2.75) is 38.8 Å². The molecule has 2 amide bonds. The van der Waals surface area contributed by atoms with Crippen LogP contribution in [0, 0.1) is 5.92 Å². The van der Waals surface area contributed by atoms with Gasteiger partial charge in [-0.1, -0.05) is 62.4 Å². The molecule has 6 rings (SSSR count). The highest BCUT2D eigenvalue weighted by Gasteiger charge is 2.37. The molecule has 1 saturated heterocycles. The van der Waals surface area contributed by atoms with E-state index >= 15 is 0 Å². The molecule has 0 aliphatic carbocycles. The second kappa shape index (κ2) is 12.5. The van der Waals surface area contributed by atoms with Gasteiger partial charge in [0.15, 0.2) is 0 Å². The zero-order valence-electron chi connectivity index (χ0n) is 24.9. The van der Waals surface area contributed by atoms with E-state index in [9.17, 15) is 9.59 Å². The van der Waals surface area contributed by atoms with Crippen LogP contribution < -0.4 is 10.6 Å². The first-order valence-corrected chi connectivity index (χ1v) is 14.8. The number of amides is 2. The summed E-state index contributed by atoms with van der Waals surface area (Å²) < 4.78 is 4.75. The minimum absolute atomic E-state index is 0.0893. The second-order valence-electron chi connectivity index (χ2n) is 11.3. The van der Waals surface area contributed by atoms with Gasteiger partial charge in [-0.25, -0.2) is 19.7 Å². The van der Waals surface area contributed by atoms with E-state index in [0.717, 1.165) is 63.5 Å². The van der Waals surface area contributed by atoms with E-state index in [1.807, 2.05) is 61.3 Å². The van der Waals surface area contributed by atoms with E-state index in [0.29, 0.717) is 6.54 Å². The van der Waals surface area contributed by atoms with Gasteiger partial charge in [0.05, 0.1) is 24.2 Å². The Morgan fingerprint density at radius 1 is 1.00 bits per heavy atom. The number of imidazole rings is 1. The fourth-order valence-electron chi connectivity index (χ4n) is 5.70. The maximum absolute atomic E-state index is 13.5. The van der Waals surface area contributed by atoms with Gasteiger partial charge >= 0.3 is 6.09 Å². The summed E-state index contributed by atoms with van der Waals surface area (Å²) >= 11 is 0. The molecule has 1 aliphatic heterocycles. The Balaban J connectivity index is 1.22. The van der Waals surface area contributed by atoms with Crippen molar-refractivity contribution < 1.29 is 14.3 Å². The van der Waals surface area contributed by atoms with Crippen LogP contribution in [-0.2, 0) is 9.53 Å². The lowest BCUT2D eigenvalue weighted by Crippen LogP contribution is -2.51. The number of hydrogen-bond donors (Lipinski definition) is 3. The third kappa shape index (κ3) is 5.96. The zero-order valence-corrected chi connectivity index (χ0v) is 24.9. The number of aromatic nitrogens is 4. The normalized spacial score (nSPS) is 15.4. The molecule has 1 aliphatic rings. The topological polar surface area (TPSA) is 125 Å². The number of H-pyrrole nitrogens is 1. The van der Waals surface area contributed by atoms with Crippen LogP contribution in [0.1, 0.15) is 38.6 Å². The fourth-order valence-corrected chi connectivity index (χ4v) is 5.70. The number of fused-ring (bicyclic) bond motifs is 1. The minimum atomic E-state index is -0.672. The second-order valence-corrected chi connectivity index (χ2v) is 11.3. The Hall–Kier alpha value is -5.25. The van der Waals surface area contributed by atoms with Gasteiger partial charge in [0.25, 0.3) is 0 Å². The quantitative estimate of drug-likeness (QED) is 0.189. The van der Waals surface area contributed by atoms with Gasteiger partial charge in [0.1, 0.15) is 24.0 Å². The molecule has 10 nitrogen and oxygen atoms in total. The average molecular weight is 590 g/mol. The van der Waals surface area contributed by atoms with E-state index in [2.05, 4.69) is 62.0 Å². The van der Waals surface area contributed by atoms with Gasteiger partial charge in [-0.05, 0) is 59.7 Å². The van der Waals surface area contributed by atoms with Crippen molar-refractivity contribution in [3.8, 4) is 22.3 Å². The van der Waals surface area contributed by atoms with Gasteiger partial charge in [-0.15, -0.1) is 0 Å². The number of rotatable bonds is 8. The number of ether oxygens (including phenoxy) is 1. The predicted octanol–water partition coefficient (Wildman–Crippen LogP) is 6.47. The Morgan fingerprint density at radius 2 is 1.75 bits per heavy atom. The van der Waals surface area contributed by atoms with Gasteiger partial charge in [0.2, 0.25) is 5.91 Å². The number of aromatic amines is 1. The largest absolute Gasteiger partial charge is 0.453 e. The molecule has 44 heavy (non-hydrogen) atoms. The number of nitrogens with one attached hydrogen (secondary N) is 3. The summed E-state index contributed by atoms with van der Waals surface area (Å²) in [6.07, 6.45) is 4.41. The molecule has 0 radical (unpaired) electrons. The van der Waals surface area contributed by atoms with Crippen LogP contribution in [0.3, 0.4) is 0 Å². The lowest BCUT2D eigenvalue weighted by molar-refractivity contribution is -0.135. The van der Waals surface area contributed by atoms with Crippen molar-refractivity contribution in [1.29, 1.82) is 0 Å². The highest BCUT2D eigenvalue weighted by atomic mass is 16.5. The summed E-state index contributed by atoms with van der Waals surface area (Å²) in [5, 5.41) is 6.09. The monoisotopic (exact) mass is 589 g/mol. The number of likely N-dealkylation sites (tertiary alicyclic amines) is 1. The molecule has 0 spiro atoms. The van der Waals surface area contributed by atoms with Gasteiger partial charge in [-0.3, -0.25) is 4.79 Å². The minimum Gasteiger partial charge on any atom is -0.453 e. The van der Waals surface area contributed by atoms with Gasteiger partial charge in [-0.2, -0.15) is 0 Å². The Bertz CT molecular complexity index is 1770. The Kier molecular flexibility index (Phi) is 8.23. The van der Waals surface area contributed by atoms with Crippen LogP contribution >= 0.6 is 0 Å². The van der Waals surface area contributed by atoms with Crippen molar-refractivity contribution in [1.82, 2.24) is 30.2 Å². The highest BCUT2D eigenvalue weighted by molar-refractivity contribution is 5.87. The number of hydrogen-bond acceptors (Lipinski definition) is 7. The molecule has 3 aromatic carbocycles. The van der Waals surface area contributed by atoms with Crippen molar-refractivity contribution >= 4 is 34.5 Å². The summed E-state index contributed by atoms with van der Waals surface area (Å²) in [5.74, 6) is 1.28. The van der Waals surface area contributed by atoms with Crippen LogP contribution in [-0.4, -0.2) is 56.5 Å². The summed E-state index contributed by atoms with van der Waals surface area (Å²) in [5.41, 5.74) is 6.73. The lowest BCUT2D eigenvalue weighted by atomic mass is 10.0. The van der Waals surface area contributed by atoms with Crippen LogP contribution in [0.2, 0.25) is 0 Å². The van der Waals surface area contributed by atoms with Crippen LogP contribution in [0.25, 0.3) is 33.3 Å². The third-order valence-electron chi connectivity index (χ3n) is 8.02. The van der Waals surface area contributed by atoms with Gasteiger partial charge < -0.3 is 25.3 Å². The number of nitrogens with zero attached hydrogens (tertiary/aromatic N) is 4. The van der Waals surface area contributed by atoms with Crippen LogP contribution in [0.5, 0.6) is 0 Å². The third-order valence-corrected chi connectivity index (χ3v) is 8.02. The molecule has 224 valence electrons. The van der Waals surface area contributed by atoms with Gasteiger partial charge in [0, 0.05) is 24.0 Å². The number of carbonyl (C=O) groups excluding carboxylic acids is 2. The standard InChI is InChI=1S/C34H35N7O3/c1-21(2)30(40-34(43)44-3)33(42)41-17-7-10-29(41)32-38-27-16-15-24(18-28(27)39-32)22-11-13-23(14-12-22)26-19-35-20-36-31(26)37-25-8-5-4-6-9-25/h4-6,8-9,11-16,18-21,29-30H,7,10,17H2,1-3H3,(H,38,39)(H,40,43)(H,35,36,37)/t29-,30+/m1/s1. The molecule has 2 atom stereocenters. The van der Waals surface area contributed by atoms with Crippen molar-refractivity contribution in [2.75, 3.05) is 19.0 Å². The van der Waals surface area contributed by atoms with Crippen LogP contribution in [0.15, 0.2) is 85.3 Å². The molecule has 2 aromatic heterocycles. The maximum atomic E-state index is 13.5. The first-order chi connectivity index (χ1) is 21.4. The average Bonchev–Trinajstić information content (AvgIpc) is 3.71. The highest BCUT2D eigenvalue weighted by Crippen LogP contribution is 2.34. The summed E-state index contributed by atoms with van der Waals surface area (Å²) in [7, 11) is 1.30. The van der Waals surface area contributed by atoms with E-state index in [-0.39, 0.29) is 17.9 Å². The summed E-state index contributed by atoms with van der Waals surface area (Å²) in [6, 6.07) is 23.5. The number of methoxy groups -OCH3 is 1. The molecule has 0 unspecified atom stereocenters. The van der Waals surface area contributed by atoms with E-state index in [1.54, 1.807) is 6.33 Å². The van der Waals surface area contributed by atoms with Crippen molar-refractivity contribution in [3.05, 3.63) is 91.1 Å². The molecule has 0 bridgehead atoms. The summed E-state index contributed by atoms with van der Waals surface area (Å²) in [6.45, 7) is 4.43. The molecule has 10 heteroatoms. The predicted molar refractivity (Wildman–Crippen MR) is 170 cm³/mol. The Morgan fingerprint density at radius 3 is 2.50 bits per heavy atom. The molecule has 5 aromatic rings. The molecule has 1 fully saturated rings. The van der Waals surface area contributed by atoms with Crippen molar-refractivity contribution in [3.63, 3.8) is 0 Å².